The van der Waals surface area contributed by atoms with Crippen LogP contribution in [-0.2, 0) is 11.2 Å². The highest BCUT2D eigenvalue weighted by Gasteiger charge is 2.06. The number of fused-ring (bicyclic) bond motifs is 1. The third-order valence-electron chi connectivity index (χ3n) is 1.90. The molecule has 0 aliphatic carbocycles. The van der Waals surface area contributed by atoms with Crippen LogP contribution >= 0.6 is 0 Å². The van der Waals surface area contributed by atoms with Gasteiger partial charge in [0.05, 0.1) is 12.1 Å². The Kier molecular flexibility index (Phi) is 1.92. The standard InChI is InChI=1S/C9H8FN3O/c10-6-1-2-9-12-4-7(3-8(11)14)13(9)5-6/h1-2,4-5H,3H2,(H2,11,14). The van der Waals surface area contributed by atoms with Crippen molar-refractivity contribution < 1.29 is 9.18 Å². The van der Waals surface area contributed by atoms with E-state index in [0.717, 1.165) is 0 Å². The van der Waals surface area contributed by atoms with Gasteiger partial charge in [0.15, 0.2) is 0 Å². The maximum atomic E-state index is 12.9. The van der Waals surface area contributed by atoms with Gasteiger partial charge in [0.2, 0.25) is 5.91 Å². The summed E-state index contributed by atoms with van der Waals surface area (Å²) in [7, 11) is 0. The number of nitrogens with two attached hydrogens (primary N) is 1. The molecule has 0 saturated carbocycles. The van der Waals surface area contributed by atoms with Crippen LogP contribution in [0.15, 0.2) is 24.5 Å². The SMILES string of the molecule is NC(=O)Cc1cnc2ccc(F)cn12. The van der Waals surface area contributed by atoms with Crippen LogP contribution in [0, 0.1) is 5.82 Å². The summed E-state index contributed by atoms with van der Waals surface area (Å²) in [6.45, 7) is 0. The maximum absolute atomic E-state index is 12.9. The summed E-state index contributed by atoms with van der Waals surface area (Å²) in [5.74, 6) is -0.836. The average Bonchev–Trinajstić information content (AvgIpc) is 2.47. The van der Waals surface area contributed by atoms with Crippen LogP contribution in [0.25, 0.3) is 5.65 Å². The second kappa shape index (κ2) is 3.10. The van der Waals surface area contributed by atoms with Gasteiger partial charge in [0.25, 0.3) is 0 Å². The van der Waals surface area contributed by atoms with Crippen LogP contribution in [-0.4, -0.2) is 15.3 Å². The van der Waals surface area contributed by atoms with Crippen LogP contribution < -0.4 is 5.73 Å². The van der Waals surface area contributed by atoms with Crippen molar-refractivity contribution in [2.75, 3.05) is 0 Å². The van der Waals surface area contributed by atoms with Crippen LogP contribution in [0.4, 0.5) is 4.39 Å². The molecule has 2 aromatic rings. The Labute approximate surface area is 79.2 Å². The molecule has 72 valence electrons. The number of hydrogen-bond donors (Lipinski definition) is 1. The molecule has 2 heterocycles. The number of hydrogen-bond acceptors (Lipinski definition) is 2. The minimum Gasteiger partial charge on any atom is -0.369 e. The molecule has 0 bridgehead atoms. The van der Waals surface area contributed by atoms with Crippen LogP contribution in [0.2, 0.25) is 0 Å². The number of carbonyl (C=O) groups is 1. The van der Waals surface area contributed by atoms with Gasteiger partial charge in [-0.15, -0.1) is 0 Å². The highest BCUT2D eigenvalue weighted by molar-refractivity contribution is 5.76. The minimum absolute atomic E-state index is 0.0601. The van der Waals surface area contributed by atoms with E-state index in [1.807, 2.05) is 0 Å². The van der Waals surface area contributed by atoms with Gasteiger partial charge in [0, 0.05) is 12.4 Å². The Morgan fingerprint density at radius 1 is 1.57 bits per heavy atom. The molecule has 2 aromatic heterocycles. The molecular formula is C9H8FN3O. The number of amides is 1. The first-order valence-electron chi connectivity index (χ1n) is 4.06. The number of pyridine rings is 1. The van der Waals surface area contributed by atoms with Gasteiger partial charge < -0.3 is 10.1 Å². The molecule has 0 fully saturated rings. The molecule has 0 aliphatic rings. The summed E-state index contributed by atoms with van der Waals surface area (Å²) < 4.78 is 14.4. The third-order valence-corrected chi connectivity index (χ3v) is 1.90. The number of halogens is 1. The van der Waals surface area contributed by atoms with E-state index >= 15 is 0 Å². The van der Waals surface area contributed by atoms with Crippen molar-refractivity contribution in [1.29, 1.82) is 0 Å². The lowest BCUT2D eigenvalue weighted by Gasteiger charge is -1.98. The molecule has 2 rings (SSSR count). The first-order chi connectivity index (χ1) is 6.66. The summed E-state index contributed by atoms with van der Waals surface area (Å²) in [5.41, 5.74) is 6.23. The van der Waals surface area contributed by atoms with Gasteiger partial charge in [-0.3, -0.25) is 4.79 Å². The van der Waals surface area contributed by atoms with Gasteiger partial charge in [-0.2, -0.15) is 0 Å². The van der Waals surface area contributed by atoms with Gasteiger partial charge in [0.1, 0.15) is 11.5 Å². The fourth-order valence-corrected chi connectivity index (χ4v) is 1.31. The van der Waals surface area contributed by atoms with Crippen molar-refractivity contribution in [2.24, 2.45) is 5.73 Å². The Hall–Kier alpha value is -1.91. The number of imidazole rings is 1. The number of primary amides is 1. The number of rotatable bonds is 2. The molecule has 0 aliphatic heterocycles. The smallest absolute Gasteiger partial charge is 0.223 e. The van der Waals surface area contributed by atoms with E-state index in [-0.39, 0.29) is 12.2 Å². The van der Waals surface area contributed by atoms with E-state index in [0.29, 0.717) is 11.3 Å². The monoisotopic (exact) mass is 193 g/mol. The van der Waals surface area contributed by atoms with Crippen molar-refractivity contribution in [3.05, 3.63) is 36.0 Å². The number of nitrogens with zero attached hydrogens (tertiary/aromatic N) is 2. The predicted molar refractivity (Wildman–Crippen MR) is 48.0 cm³/mol. The molecule has 4 nitrogen and oxygen atoms in total. The van der Waals surface area contributed by atoms with Gasteiger partial charge in [-0.25, -0.2) is 9.37 Å². The normalized spacial score (nSPS) is 10.6. The zero-order valence-corrected chi connectivity index (χ0v) is 7.27. The highest BCUT2D eigenvalue weighted by atomic mass is 19.1. The second-order valence-electron chi connectivity index (χ2n) is 2.97. The van der Waals surface area contributed by atoms with E-state index in [1.54, 1.807) is 6.07 Å². The van der Waals surface area contributed by atoms with E-state index < -0.39 is 5.91 Å². The quantitative estimate of drug-likeness (QED) is 0.755. The molecule has 0 spiro atoms. The molecule has 2 N–H and O–H groups in total. The van der Waals surface area contributed by atoms with Gasteiger partial charge in [-0.1, -0.05) is 0 Å². The van der Waals surface area contributed by atoms with E-state index in [4.69, 9.17) is 5.73 Å². The summed E-state index contributed by atoms with van der Waals surface area (Å²) >= 11 is 0. The van der Waals surface area contributed by atoms with Crippen molar-refractivity contribution in [3.63, 3.8) is 0 Å². The fourth-order valence-electron chi connectivity index (χ4n) is 1.31. The Bertz CT molecular complexity index is 492. The summed E-state index contributed by atoms with van der Waals surface area (Å²) in [6.07, 6.45) is 2.85. The number of carbonyl (C=O) groups excluding carboxylic acids is 1. The van der Waals surface area contributed by atoms with Crippen molar-refractivity contribution in [1.82, 2.24) is 9.38 Å². The minimum atomic E-state index is -0.462. The molecule has 0 aromatic carbocycles. The molecular weight excluding hydrogens is 185 g/mol. The molecule has 0 atom stereocenters. The van der Waals surface area contributed by atoms with E-state index in [2.05, 4.69) is 4.98 Å². The number of aromatic nitrogens is 2. The summed E-state index contributed by atoms with van der Waals surface area (Å²) in [5, 5.41) is 0. The van der Waals surface area contributed by atoms with Gasteiger partial charge in [-0.05, 0) is 12.1 Å². The van der Waals surface area contributed by atoms with E-state index in [9.17, 15) is 9.18 Å². The average molecular weight is 193 g/mol. The topological polar surface area (TPSA) is 60.4 Å². The largest absolute Gasteiger partial charge is 0.369 e. The van der Waals surface area contributed by atoms with Crippen molar-refractivity contribution >= 4 is 11.6 Å². The lowest BCUT2D eigenvalue weighted by Crippen LogP contribution is -2.14. The maximum Gasteiger partial charge on any atom is 0.223 e. The zero-order chi connectivity index (χ0) is 10.1. The fraction of sp³-hybridized carbons (Fsp3) is 0.111. The Morgan fingerprint density at radius 3 is 3.07 bits per heavy atom. The second-order valence-corrected chi connectivity index (χ2v) is 2.97. The van der Waals surface area contributed by atoms with Crippen LogP contribution in [0.5, 0.6) is 0 Å². The molecule has 0 radical (unpaired) electrons. The van der Waals surface area contributed by atoms with Gasteiger partial charge >= 0.3 is 0 Å². The Balaban J connectivity index is 2.55. The van der Waals surface area contributed by atoms with Crippen molar-refractivity contribution in [2.45, 2.75) is 6.42 Å². The molecule has 14 heavy (non-hydrogen) atoms. The van der Waals surface area contributed by atoms with E-state index in [1.165, 1.54) is 22.9 Å². The third kappa shape index (κ3) is 1.44. The van der Waals surface area contributed by atoms with Crippen molar-refractivity contribution in [3.8, 4) is 0 Å². The molecule has 0 saturated heterocycles. The molecule has 0 unspecified atom stereocenters. The first kappa shape index (κ1) is 8.68. The summed E-state index contributed by atoms with van der Waals surface area (Å²) in [6, 6.07) is 2.86. The zero-order valence-electron chi connectivity index (χ0n) is 7.27. The van der Waals surface area contributed by atoms with Crippen LogP contribution in [0.1, 0.15) is 5.69 Å². The summed E-state index contributed by atoms with van der Waals surface area (Å²) in [4.78, 5) is 14.7. The lowest BCUT2D eigenvalue weighted by atomic mass is 10.3. The lowest BCUT2D eigenvalue weighted by molar-refractivity contribution is -0.117. The molecule has 5 heteroatoms. The van der Waals surface area contributed by atoms with Crippen LogP contribution in [0.3, 0.4) is 0 Å². The predicted octanol–water partition coefficient (Wildman–Crippen LogP) is 0.501. The highest BCUT2D eigenvalue weighted by Crippen LogP contribution is 2.08. The molecule has 1 amide bonds. The Morgan fingerprint density at radius 2 is 2.36 bits per heavy atom. The first-order valence-corrected chi connectivity index (χ1v) is 4.06.